The Bertz CT molecular complexity index is 966. The maximum atomic E-state index is 13.4. The lowest BCUT2D eigenvalue weighted by Gasteiger charge is -2.37. The number of fused-ring (bicyclic) bond motifs is 1. The van der Waals surface area contributed by atoms with Crippen molar-refractivity contribution in [2.24, 2.45) is 5.92 Å². The van der Waals surface area contributed by atoms with Crippen molar-refractivity contribution >= 4 is 11.8 Å². The van der Waals surface area contributed by atoms with Crippen molar-refractivity contribution in [3.8, 4) is 17.0 Å². The Hall–Kier alpha value is -3.00. The number of halogens is 1. The minimum atomic E-state index is -0.402. The summed E-state index contributed by atoms with van der Waals surface area (Å²) < 4.78 is 19.5. The average Bonchev–Trinajstić information content (AvgIpc) is 2.80. The van der Waals surface area contributed by atoms with Crippen LogP contribution in [-0.2, 0) is 4.79 Å². The van der Waals surface area contributed by atoms with E-state index < -0.39 is 6.04 Å². The average molecular weight is 444 g/mol. The SMILES string of the molecule is CCC(=O)N(C)C[C@@H]1Oc2ncc(-c3ccc(F)cc3)cc2C(=O)N([C@@H](C)CO)C[C@@H]1C. The molecule has 0 bridgehead atoms. The molecule has 8 heteroatoms. The van der Waals surface area contributed by atoms with E-state index in [4.69, 9.17) is 4.74 Å². The normalized spacial score (nSPS) is 19.4. The van der Waals surface area contributed by atoms with E-state index >= 15 is 0 Å². The van der Waals surface area contributed by atoms with Gasteiger partial charge in [-0.1, -0.05) is 26.0 Å². The van der Waals surface area contributed by atoms with Crippen LogP contribution in [0.2, 0.25) is 0 Å². The topological polar surface area (TPSA) is 83.0 Å². The summed E-state index contributed by atoms with van der Waals surface area (Å²) in [4.78, 5) is 33.2. The molecule has 2 heterocycles. The lowest BCUT2D eigenvalue weighted by atomic mass is 9.99. The predicted molar refractivity (Wildman–Crippen MR) is 119 cm³/mol. The molecule has 32 heavy (non-hydrogen) atoms. The lowest BCUT2D eigenvalue weighted by molar-refractivity contribution is -0.131. The Balaban J connectivity index is 2.03. The maximum Gasteiger partial charge on any atom is 0.259 e. The molecule has 0 saturated heterocycles. The molecule has 0 radical (unpaired) electrons. The van der Waals surface area contributed by atoms with Crippen molar-refractivity contribution in [2.45, 2.75) is 39.3 Å². The highest BCUT2D eigenvalue weighted by molar-refractivity contribution is 5.98. The second-order valence-electron chi connectivity index (χ2n) is 8.33. The molecule has 1 N–H and O–H groups in total. The van der Waals surface area contributed by atoms with Gasteiger partial charge in [0.15, 0.2) is 0 Å². The van der Waals surface area contributed by atoms with Crippen LogP contribution in [0.3, 0.4) is 0 Å². The van der Waals surface area contributed by atoms with Crippen LogP contribution in [0.5, 0.6) is 5.88 Å². The van der Waals surface area contributed by atoms with E-state index in [1.54, 1.807) is 55.1 Å². The third-order valence-electron chi connectivity index (χ3n) is 5.88. The zero-order valence-corrected chi connectivity index (χ0v) is 18.9. The molecule has 7 nitrogen and oxygen atoms in total. The molecule has 0 aliphatic carbocycles. The number of likely N-dealkylation sites (N-methyl/N-ethyl adjacent to an activating group) is 1. The molecule has 172 valence electrons. The van der Waals surface area contributed by atoms with E-state index in [1.807, 2.05) is 6.92 Å². The van der Waals surface area contributed by atoms with Gasteiger partial charge in [0.1, 0.15) is 17.5 Å². The largest absolute Gasteiger partial charge is 0.472 e. The number of carbonyl (C=O) groups excluding carboxylic acids is 2. The third kappa shape index (κ3) is 5.07. The predicted octanol–water partition coefficient (Wildman–Crippen LogP) is 2.98. The second kappa shape index (κ2) is 10.1. The Labute approximate surface area is 187 Å². The van der Waals surface area contributed by atoms with Crippen LogP contribution < -0.4 is 4.74 Å². The Morgan fingerprint density at radius 3 is 2.66 bits per heavy atom. The van der Waals surface area contributed by atoms with Crippen LogP contribution in [0.25, 0.3) is 11.1 Å². The molecular formula is C24H30FN3O4. The van der Waals surface area contributed by atoms with Gasteiger partial charge in [-0.15, -0.1) is 0 Å². The highest BCUT2D eigenvalue weighted by atomic mass is 19.1. The number of aliphatic hydroxyl groups excluding tert-OH is 1. The molecule has 3 rings (SSSR count). The van der Waals surface area contributed by atoms with Crippen LogP contribution in [-0.4, -0.2) is 70.6 Å². The molecule has 2 aromatic rings. The molecule has 1 aromatic carbocycles. The standard InChI is InChI=1S/C24H30FN3O4/c1-5-22(30)27(4)13-21-15(2)12-28(16(3)14-29)24(31)20-10-18(11-26-23(20)32-21)17-6-8-19(25)9-7-17/h6-11,15-16,21,29H,5,12-14H2,1-4H3/t15-,16-,21-/m0/s1. The van der Waals surface area contributed by atoms with Crippen LogP contribution in [0.1, 0.15) is 37.6 Å². The van der Waals surface area contributed by atoms with Crippen molar-refractivity contribution < 1.29 is 23.8 Å². The number of nitrogens with zero attached hydrogens (tertiary/aromatic N) is 3. The van der Waals surface area contributed by atoms with Crippen LogP contribution >= 0.6 is 0 Å². The maximum absolute atomic E-state index is 13.4. The highest BCUT2D eigenvalue weighted by Gasteiger charge is 2.34. The number of ether oxygens (including phenoxy) is 1. The zero-order chi connectivity index (χ0) is 23.4. The fourth-order valence-electron chi connectivity index (χ4n) is 3.76. The van der Waals surface area contributed by atoms with Crippen molar-refractivity contribution in [1.29, 1.82) is 0 Å². The highest BCUT2D eigenvalue weighted by Crippen LogP contribution is 2.30. The molecule has 1 aromatic heterocycles. The summed E-state index contributed by atoms with van der Waals surface area (Å²) in [5.74, 6) is -0.560. The first-order valence-corrected chi connectivity index (χ1v) is 10.8. The summed E-state index contributed by atoms with van der Waals surface area (Å²) in [5.41, 5.74) is 1.64. The van der Waals surface area contributed by atoms with E-state index in [1.165, 1.54) is 12.1 Å². The first-order chi connectivity index (χ1) is 15.2. The Kier molecular flexibility index (Phi) is 7.45. The quantitative estimate of drug-likeness (QED) is 0.742. The van der Waals surface area contributed by atoms with Gasteiger partial charge in [-0.05, 0) is 30.7 Å². The lowest BCUT2D eigenvalue weighted by Crippen LogP contribution is -2.50. The monoisotopic (exact) mass is 443 g/mol. The van der Waals surface area contributed by atoms with Crippen molar-refractivity contribution in [3.05, 3.63) is 47.9 Å². The number of benzene rings is 1. The van der Waals surface area contributed by atoms with E-state index in [9.17, 15) is 19.1 Å². The van der Waals surface area contributed by atoms with E-state index in [2.05, 4.69) is 4.98 Å². The van der Waals surface area contributed by atoms with Gasteiger partial charge in [-0.25, -0.2) is 9.37 Å². The summed E-state index contributed by atoms with van der Waals surface area (Å²) in [6, 6.07) is 7.23. The van der Waals surface area contributed by atoms with E-state index in [-0.39, 0.29) is 47.7 Å². The number of hydrogen-bond acceptors (Lipinski definition) is 5. The number of amides is 2. The first kappa shape index (κ1) is 23.7. The molecule has 0 spiro atoms. The van der Waals surface area contributed by atoms with E-state index in [0.29, 0.717) is 25.1 Å². The van der Waals surface area contributed by atoms with Gasteiger partial charge < -0.3 is 19.6 Å². The molecule has 0 unspecified atom stereocenters. The number of rotatable bonds is 6. The van der Waals surface area contributed by atoms with Gasteiger partial charge in [0.25, 0.3) is 5.91 Å². The summed E-state index contributed by atoms with van der Waals surface area (Å²) in [7, 11) is 1.73. The number of pyridine rings is 1. The van der Waals surface area contributed by atoms with Crippen molar-refractivity contribution in [1.82, 2.24) is 14.8 Å². The fraction of sp³-hybridized carbons (Fsp3) is 0.458. The fourth-order valence-corrected chi connectivity index (χ4v) is 3.76. The summed E-state index contributed by atoms with van der Waals surface area (Å²) in [6.45, 7) is 6.07. The minimum absolute atomic E-state index is 0.000594. The third-order valence-corrected chi connectivity index (χ3v) is 5.88. The van der Waals surface area contributed by atoms with Gasteiger partial charge in [-0.2, -0.15) is 0 Å². The van der Waals surface area contributed by atoms with Crippen molar-refractivity contribution in [2.75, 3.05) is 26.7 Å². The number of aromatic nitrogens is 1. The molecule has 3 atom stereocenters. The summed E-state index contributed by atoms with van der Waals surface area (Å²) >= 11 is 0. The molecule has 1 aliphatic heterocycles. The summed E-state index contributed by atoms with van der Waals surface area (Å²) in [6.07, 6.45) is 1.59. The van der Waals surface area contributed by atoms with Crippen LogP contribution in [0.4, 0.5) is 4.39 Å². The smallest absolute Gasteiger partial charge is 0.259 e. The van der Waals surface area contributed by atoms with Gasteiger partial charge in [-0.3, -0.25) is 9.59 Å². The molecule has 0 saturated carbocycles. The number of carbonyl (C=O) groups is 2. The first-order valence-electron chi connectivity index (χ1n) is 10.8. The van der Waals surface area contributed by atoms with Crippen LogP contribution in [0, 0.1) is 11.7 Å². The summed E-state index contributed by atoms with van der Waals surface area (Å²) in [5, 5.41) is 9.75. The molecule has 2 amide bonds. The minimum Gasteiger partial charge on any atom is -0.472 e. The Morgan fingerprint density at radius 1 is 1.34 bits per heavy atom. The molecule has 0 fully saturated rings. The zero-order valence-electron chi connectivity index (χ0n) is 18.9. The molecule has 1 aliphatic rings. The van der Waals surface area contributed by atoms with Gasteiger partial charge in [0.2, 0.25) is 11.8 Å². The molecular weight excluding hydrogens is 413 g/mol. The second-order valence-corrected chi connectivity index (χ2v) is 8.33. The van der Waals surface area contributed by atoms with Gasteiger partial charge in [0.05, 0.1) is 19.2 Å². The van der Waals surface area contributed by atoms with Gasteiger partial charge in [0, 0.05) is 37.7 Å². The number of hydrogen-bond donors (Lipinski definition) is 1. The van der Waals surface area contributed by atoms with Crippen LogP contribution in [0.15, 0.2) is 36.5 Å². The Morgan fingerprint density at radius 2 is 2.03 bits per heavy atom. The van der Waals surface area contributed by atoms with Crippen molar-refractivity contribution in [3.63, 3.8) is 0 Å². The van der Waals surface area contributed by atoms with E-state index in [0.717, 1.165) is 5.56 Å². The number of aliphatic hydroxyl groups is 1. The van der Waals surface area contributed by atoms with Gasteiger partial charge >= 0.3 is 0 Å².